The SMILES string of the molecule is N#Cc1cc(C(=O)c2cccs2)c(C(F)(F)F)nc1SCC(=O)c1ccc(Cl)cc1. The van der Waals surface area contributed by atoms with Gasteiger partial charge in [-0.3, -0.25) is 9.59 Å². The average Bonchev–Trinajstić information content (AvgIpc) is 3.25. The molecule has 0 aliphatic rings. The van der Waals surface area contributed by atoms with Crippen molar-refractivity contribution in [2.24, 2.45) is 0 Å². The van der Waals surface area contributed by atoms with E-state index < -0.39 is 23.2 Å². The number of ketones is 2. The van der Waals surface area contributed by atoms with Crippen molar-refractivity contribution in [1.82, 2.24) is 4.98 Å². The highest BCUT2D eigenvalue weighted by Gasteiger charge is 2.38. The number of carbonyl (C=O) groups excluding carboxylic acids is 2. The van der Waals surface area contributed by atoms with Gasteiger partial charge in [0.1, 0.15) is 11.1 Å². The van der Waals surface area contributed by atoms with Gasteiger partial charge in [-0.2, -0.15) is 18.4 Å². The van der Waals surface area contributed by atoms with Gasteiger partial charge in [0.25, 0.3) is 0 Å². The molecule has 3 rings (SSSR count). The Kier molecular flexibility index (Phi) is 6.61. The Bertz CT molecular complexity index is 1140. The number of pyridine rings is 1. The fourth-order valence-corrected chi connectivity index (χ4v) is 4.12. The third-order valence-corrected chi connectivity index (χ3v) is 5.98. The van der Waals surface area contributed by atoms with E-state index in [9.17, 15) is 28.0 Å². The van der Waals surface area contributed by atoms with Crippen molar-refractivity contribution in [1.29, 1.82) is 5.26 Å². The van der Waals surface area contributed by atoms with Crippen molar-refractivity contribution in [2.45, 2.75) is 11.2 Å². The summed E-state index contributed by atoms with van der Waals surface area (Å²) in [4.78, 5) is 28.5. The van der Waals surface area contributed by atoms with E-state index in [0.29, 0.717) is 22.3 Å². The molecule has 0 aliphatic heterocycles. The highest BCUT2D eigenvalue weighted by Crippen LogP contribution is 2.35. The number of benzene rings is 1. The van der Waals surface area contributed by atoms with E-state index in [-0.39, 0.29) is 27.0 Å². The van der Waals surface area contributed by atoms with Gasteiger partial charge in [0.2, 0.25) is 5.78 Å². The molecule has 3 aromatic rings. The van der Waals surface area contributed by atoms with E-state index in [1.165, 1.54) is 36.4 Å². The van der Waals surface area contributed by atoms with Crippen LogP contribution in [0.15, 0.2) is 52.9 Å². The van der Waals surface area contributed by atoms with Gasteiger partial charge in [-0.05, 0) is 41.8 Å². The van der Waals surface area contributed by atoms with E-state index in [1.807, 2.05) is 0 Å². The van der Waals surface area contributed by atoms with Crippen LogP contribution < -0.4 is 0 Å². The Morgan fingerprint density at radius 2 is 1.90 bits per heavy atom. The summed E-state index contributed by atoms with van der Waals surface area (Å²) >= 11 is 7.46. The minimum Gasteiger partial charge on any atom is -0.293 e. The molecule has 0 N–H and O–H groups in total. The number of thioether (sulfide) groups is 1. The molecule has 0 bridgehead atoms. The van der Waals surface area contributed by atoms with Gasteiger partial charge >= 0.3 is 6.18 Å². The normalized spacial score (nSPS) is 11.2. The van der Waals surface area contributed by atoms with E-state index in [2.05, 4.69) is 4.98 Å². The maximum Gasteiger partial charge on any atom is 0.434 e. The van der Waals surface area contributed by atoms with Gasteiger partial charge in [0.15, 0.2) is 11.5 Å². The van der Waals surface area contributed by atoms with E-state index in [0.717, 1.165) is 17.4 Å². The summed E-state index contributed by atoms with van der Waals surface area (Å²) in [6.07, 6.45) is -4.91. The molecule has 0 amide bonds. The molecule has 1 aromatic carbocycles. The molecule has 2 heterocycles. The summed E-state index contributed by atoms with van der Waals surface area (Å²) in [6.45, 7) is 0. The first kappa shape index (κ1) is 22.0. The molecule has 0 unspecified atom stereocenters. The lowest BCUT2D eigenvalue weighted by atomic mass is 10.1. The Balaban J connectivity index is 1.95. The first-order valence-electron chi connectivity index (χ1n) is 8.23. The minimum absolute atomic E-state index is 0.101. The standard InChI is InChI=1S/C20H10ClF3N2O2S2/c21-13-5-3-11(4-6-13)15(27)10-30-19-12(9-25)8-14(18(26-19)20(22,23)24)17(28)16-2-1-7-29-16/h1-8H,10H2. The predicted octanol–water partition coefficient (Wildman–Crippen LogP) is 5.89. The second-order valence-corrected chi connectivity index (χ2v) is 8.22. The number of nitrogens with zero attached hydrogens (tertiary/aromatic N) is 2. The molecule has 152 valence electrons. The second-order valence-electron chi connectivity index (χ2n) is 5.87. The molecule has 4 nitrogen and oxygen atoms in total. The van der Waals surface area contributed by atoms with Crippen LogP contribution in [0.25, 0.3) is 0 Å². The zero-order valence-electron chi connectivity index (χ0n) is 14.9. The van der Waals surface area contributed by atoms with Gasteiger partial charge < -0.3 is 0 Å². The zero-order valence-corrected chi connectivity index (χ0v) is 17.3. The molecule has 0 aliphatic carbocycles. The van der Waals surface area contributed by atoms with E-state index >= 15 is 0 Å². The summed E-state index contributed by atoms with van der Waals surface area (Å²) in [5.41, 5.74) is -1.97. The number of halogens is 4. The molecule has 0 atom stereocenters. The number of rotatable bonds is 6. The Labute approximate surface area is 182 Å². The Morgan fingerprint density at radius 1 is 1.20 bits per heavy atom. The van der Waals surface area contributed by atoms with E-state index in [1.54, 1.807) is 11.4 Å². The number of hydrogen-bond donors (Lipinski definition) is 0. The van der Waals surface area contributed by atoms with Crippen LogP contribution in [0.2, 0.25) is 5.02 Å². The maximum atomic E-state index is 13.6. The third-order valence-electron chi connectivity index (χ3n) is 3.87. The average molecular weight is 467 g/mol. The van der Waals surface area contributed by atoms with Gasteiger partial charge in [0, 0.05) is 10.6 Å². The lowest BCUT2D eigenvalue weighted by Gasteiger charge is -2.13. The number of alkyl halides is 3. The molecule has 0 fully saturated rings. The van der Waals surface area contributed by atoms with Crippen LogP contribution in [0.5, 0.6) is 0 Å². The van der Waals surface area contributed by atoms with Crippen molar-refractivity contribution < 1.29 is 22.8 Å². The third kappa shape index (κ3) is 4.90. The minimum atomic E-state index is -4.91. The number of hydrogen-bond acceptors (Lipinski definition) is 6. The van der Waals surface area contributed by atoms with Crippen LogP contribution >= 0.6 is 34.7 Å². The molecule has 0 saturated heterocycles. The van der Waals surface area contributed by atoms with Crippen molar-refractivity contribution >= 4 is 46.3 Å². The first-order valence-corrected chi connectivity index (χ1v) is 10.5. The number of Topliss-reactive ketones (excluding diaryl/α,β-unsaturated/α-hetero) is 1. The van der Waals surface area contributed by atoms with Crippen LogP contribution in [0.1, 0.15) is 36.9 Å². The number of aromatic nitrogens is 1. The lowest BCUT2D eigenvalue weighted by Crippen LogP contribution is -2.17. The van der Waals surface area contributed by atoms with Crippen molar-refractivity contribution in [3.05, 3.63) is 80.1 Å². The monoisotopic (exact) mass is 466 g/mol. The van der Waals surface area contributed by atoms with Crippen molar-refractivity contribution in [3.63, 3.8) is 0 Å². The molecule has 0 saturated carbocycles. The summed E-state index contributed by atoms with van der Waals surface area (Å²) in [7, 11) is 0. The lowest BCUT2D eigenvalue weighted by molar-refractivity contribution is -0.141. The summed E-state index contributed by atoms with van der Waals surface area (Å²) in [6, 6.07) is 11.6. The van der Waals surface area contributed by atoms with Gasteiger partial charge in [0.05, 0.1) is 21.8 Å². The highest BCUT2D eigenvalue weighted by molar-refractivity contribution is 8.00. The largest absolute Gasteiger partial charge is 0.434 e. The molecule has 0 radical (unpaired) electrons. The smallest absolute Gasteiger partial charge is 0.293 e. The molecule has 2 aromatic heterocycles. The fourth-order valence-electron chi connectivity index (χ4n) is 2.47. The molecule has 30 heavy (non-hydrogen) atoms. The van der Waals surface area contributed by atoms with Crippen LogP contribution in [-0.4, -0.2) is 22.3 Å². The fraction of sp³-hybridized carbons (Fsp3) is 0.100. The first-order chi connectivity index (χ1) is 14.2. The molecular formula is C20H10ClF3N2O2S2. The van der Waals surface area contributed by atoms with Crippen LogP contribution in [0.3, 0.4) is 0 Å². The summed E-state index contributed by atoms with van der Waals surface area (Å²) in [5.74, 6) is -1.47. The molecular weight excluding hydrogens is 457 g/mol. The zero-order chi connectivity index (χ0) is 21.9. The van der Waals surface area contributed by atoms with Crippen LogP contribution in [-0.2, 0) is 6.18 Å². The van der Waals surface area contributed by atoms with Crippen molar-refractivity contribution in [3.8, 4) is 6.07 Å². The summed E-state index contributed by atoms with van der Waals surface area (Å²) in [5, 5.41) is 11.1. The predicted molar refractivity (Wildman–Crippen MR) is 108 cm³/mol. The second kappa shape index (κ2) is 9.00. The quantitative estimate of drug-likeness (QED) is 0.334. The van der Waals surface area contributed by atoms with Gasteiger partial charge in [-0.15, -0.1) is 11.3 Å². The highest BCUT2D eigenvalue weighted by atomic mass is 35.5. The maximum absolute atomic E-state index is 13.6. The van der Waals surface area contributed by atoms with E-state index in [4.69, 9.17) is 11.6 Å². The number of nitriles is 1. The Morgan fingerprint density at radius 3 is 2.47 bits per heavy atom. The van der Waals surface area contributed by atoms with Crippen LogP contribution in [0, 0.1) is 11.3 Å². The molecule has 0 spiro atoms. The Hall–Kier alpha value is -2.67. The number of carbonyl (C=O) groups is 2. The van der Waals surface area contributed by atoms with Gasteiger partial charge in [-0.25, -0.2) is 4.98 Å². The van der Waals surface area contributed by atoms with Gasteiger partial charge in [-0.1, -0.05) is 29.4 Å². The van der Waals surface area contributed by atoms with Crippen molar-refractivity contribution in [2.75, 3.05) is 5.75 Å². The van der Waals surface area contributed by atoms with Crippen LogP contribution in [0.4, 0.5) is 13.2 Å². The topological polar surface area (TPSA) is 70.8 Å². The molecule has 10 heteroatoms. The summed E-state index contributed by atoms with van der Waals surface area (Å²) < 4.78 is 40.8. The number of thiophene rings is 1.